The van der Waals surface area contributed by atoms with E-state index in [9.17, 15) is 19.2 Å². The average Bonchev–Trinajstić information content (AvgIpc) is 2.86. The quantitative estimate of drug-likeness (QED) is 0.310. The Bertz CT molecular complexity index is 1010. The predicted octanol–water partition coefficient (Wildman–Crippen LogP) is 2.90. The highest BCUT2D eigenvalue weighted by Gasteiger charge is 2.21. The van der Waals surface area contributed by atoms with Gasteiger partial charge in [0.05, 0.1) is 7.11 Å². The third-order valence-electron chi connectivity index (χ3n) is 5.66. The summed E-state index contributed by atoms with van der Waals surface area (Å²) in [6.07, 6.45) is 1.05. The number of esters is 1. The largest absolute Gasteiger partial charge is 0.467 e. The lowest BCUT2D eigenvalue weighted by atomic mass is 9.87. The van der Waals surface area contributed by atoms with Crippen LogP contribution in [0.5, 0.6) is 0 Å². The summed E-state index contributed by atoms with van der Waals surface area (Å²) in [4.78, 5) is 48.6. The molecule has 0 radical (unpaired) electrons. The molecule has 0 aromatic heterocycles. The van der Waals surface area contributed by atoms with E-state index in [4.69, 9.17) is 4.74 Å². The van der Waals surface area contributed by atoms with Crippen molar-refractivity contribution < 1.29 is 23.9 Å². The molecule has 0 unspecified atom stereocenters. The third-order valence-corrected chi connectivity index (χ3v) is 5.66. The van der Waals surface area contributed by atoms with Crippen LogP contribution in [0.4, 0.5) is 0 Å². The molecule has 2 rings (SSSR count). The first-order valence-electron chi connectivity index (χ1n) is 12.2. The van der Waals surface area contributed by atoms with Crippen LogP contribution in [0.25, 0.3) is 0 Å². The van der Waals surface area contributed by atoms with E-state index < -0.39 is 12.0 Å². The van der Waals surface area contributed by atoms with E-state index in [1.165, 1.54) is 7.11 Å². The minimum atomic E-state index is -0.771. The number of nitrogens with one attached hydrogen (secondary N) is 3. The Morgan fingerprint density at radius 1 is 0.833 bits per heavy atom. The molecule has 8 heteroatoms. The van der Waals surface area contributed by atoms with Gasteiger partial charge in [0.1, 0.15) is 6.04 Å². The maximum absolute atomic E-state index is 12.3. The van der Waals surface area contributed by atoms with Crippen molar-refractivity contribution in [3.63, 3.8) is 0 Å². The second kappa shape index (κ2) is 14.0. The normalized spacial score (nSPS) is 11.8. The number of ether oxygens (including phenoxy) is 1. The second-order valence-corrected chi connectivity index (χ2v) is 9.62. The lowest BCUT2D eigenvalue weighted by Crippen LogP contribution is -2.43. The summed E-state index contributed by atoms with van der Waals surface area (Å²) in [6, 6.07) is 16.0. The Balaban J connectivity index is 1.65. The summed E-state index contributed by atoms with van der Waals surface area (Å²) in [7, 11) is 1.28. The molecule has 0 fully saturated rings. The van der Waals surface area contributed by atoms with Gasteiger partial charge < -0.3 is 20.7 Å². The zero-order valence-electron chi connectivity index (χ0n) is 21.6. The highest BCUT2D eigenvalue weighted by Crippen LogP contribution is 2.22. The van der Waals surface area contributed by atoms with Crippen LogP contribution < -0.4 is 16.0 Å². The second-order valence-electron chi connectivity index (χ2n) is 9.62. The molecule has 36 heavy (non-hydrogen) atoms. The number of hydrogen-bond acceptors (Lipinski definition) is 5. The van der Waals surface area contributed by atoms with Crippen molar-refractivity contribution >= 4 is 23.7 Å². The summed E-state index contributed by atoms with van der Waals surface area (Å²) < 4.78 is 4.80. The van der Waals surface area contributed by atoms with Gasteiger partial charge in [0.25, 0.3) is 5.91 Å². The zero-order valence-corrected chi connectivity index (χ0v) is 21.6. The molecule has 194 valence electrons. The molecule has 2 aromatic rings. The van der Waals surface area contributed by atoms with E-state index >= 15 is 0 Å². The lowest BCUT2D eigenvalue weighted by Gasteiger charge is -2.19. The highest BCUT2D eigenvalue weighted by molar-refractivity contribution is 5.94. The summed E-state index contributed by atoms with van der Waals surface area (Å²) >= 11 is 0. The molecular formula is C28H37N3O5. The highest BCUT2D eigenvalue weighted by atomic mass is 16.5. The van der Waals surface area contributed by atoms with Gasteiger partial charge in [0.2, 0.25) is 11.8 Å². The molecule has 0 spiro atoms. The molecule has 8 nitrogen and oxygen atoms in total. The first-order chi connectivity index (χ1) is 17.1. The van der Waals surface area contributed by atoms with Crippen LogP contribution in [0, 0.1) is 0 Å². The van der Waals surface area contributed by atoms with E-state index in [2.05, 4.69) is 36.7 Å². The van der Waals surface area contributed by atoms with Crippen LogP contribution in [0.15, 0.2) is 54.6 Å². The van der Waals surface area contributed by atoms with Crippen LogP contribution in [-0.2, 0) is 31.0 Å². The van der Waals surface area contributed by atoms with Gasteiger partial charge in [-0.15, -0.1) is 0 Å². The molecule has 3 amide bonds. The van der Waals surface area contributed by atoms with Gasteiger partial charge in [-0.05, 0) is 35.1 Å². The summed E-state index contributed by atoms with van der Waals surface area (Å²) in [6.45, 7) is 6.86. The summed E-state index contributed by atoms with van der Waals surface area (Å²) in [5.41, 5.74) is 2.62. The van der Waals surface area contributed by atoms with Crippen LogP contribution in [0.2, 0.25) is 0 Å². The smallest absolute Gasteiger partial charge is 0.328 e. The van der Waals surface area contributed by atoms with Crippen molar-refractivity contribution in [2.45, 2.75) is 57.9 Å². The van der Waals surface area contributed by atoms with Gasteiger partial charge in [0, 0.05) is 37.9 Å². The zero-order chi connectivity index (χ0) is 26.6. The van der Waals surface area contributed by atoms with Gasteiger partial charge in [0.15, 0.2) is 0 Å². The third kappa shape index (κ3) is 9.90. The molecular weight excluding hydrogens is 458 g/mol. The number of methoxy groups -OCH3 is 1. The monoisotopic (exact) mass is 495 g/mol. The minimum Gasteiger partial charge on any atom is -0.467 e. The SMILES string of the molecule is COC(=O)[C@H](Cc1ccccc1)NC(=O)CCCNC(=O)CCNC(=O)c1ccc(C(C)(C)C)cc1. The fourth-order valence-electron chi connectivity index (χ4n) is 3.53. The average molecular weight is 496 g/mol. The Morgan fingerprint density at radius 2 is 1.50 bits per heavy atom. The Morgan fingerprint density at radius 3 is 2.11 bits per heavy atom. The predicted molar refractivity (Wildman–Crippen MR) is 138 cm³/mol. The van der Waals surface area contributed by atoms with Gasteiger partial charge in [-0.3, -0.25) is 14.4 Å². The fraction of sp³-hybridized carbons (Fsp3) is 0.429. The van der Waals surface area contributed by atoms with Gasteiger partial charge in [-0.2, -0.15) is 0 Å². The van der Waals surface area contributed by atoms with E-state index in [0.717, 1.165) is 11.1 Å². The Kier molecular flexibility index (Phi) is 11.1. The van der Waals surface area contributed by atoms with Gasteiger partial charge >= 0.3 is 5.97 Å². The van der Waals surface area contributed by atoms with Gasteiger partial charge in [-0.1, -0.05) is 63.2 Å². The van der Waals surface area contributed by atoms with E-state index in [0.29, 0.717) is 24.9 Å². The number of benzene rings is 2. The number of hydrogen-bond donors (Lipinski definition) is 3. The summed E-state index contributed by atoms with van der Waals surface area (Å²) in [5.74, 6) is -1.24. The number of carbonyl (C=O) groups is 4. The van der Waals surface area contributed by atoms with Crippen LogP contribution in [0.3, 0.4) is 0 Å². The Hall–Kier alpha value is -3.68. The van der Waals surface area contributed by atoms with Crippen LogP contribution in [-0.4, -0.2) is 49.9 Å². The first-order valence-corrected chi connectivity index (χ1v) is 12.2. The molecule has 0 heterocycles. The standard InChI is InChI=1S/C28H37N3O5/c1-28(2,3)22-14-12-21(13-15-22)26(34)30-18-16-24(32)29-17-8-11-25(33)31-23(27(35)36-4)19-20-9-6-5-7-10-20/h5-7,9-10,12-15,23H,8,11,16-19H2,1-4H3,(H,29,32)(H,30,34)(H,31,33)/t23-/m0/s1. The summed E-state index contributed by atoms with van der Waals surface area (Å²) in [5, 5.41) is 8.19. The minimum absolute atomic E-state index is 0.0129. The van der Waals surface area contributed by atoms with E-state index in [1.807, 2.05) is 42.5 Å². The molecule has 0 aliphatic heterocycles. The van der Waals surface area contributed by atoms with Crippen molar-refractivity contribution in [3.8, 4) is 0 Å². The molecule has 0 aliphatic carbocycles. The van der Waals surface area contributed by atoms with Crippen molar-refractivity contribution in [2.75, 3.05) is 20.2 Å². The topological polar surface area (TPSA) is 114 Å². The maximum Gasteiger partial charge on any atom is 0.328 e. The fourth-order valence-corrected chi connectivity index (χ4v) is 3.53. The molecule has 3 N–H and O–H groups in total. The van der Waals surface area contributed by atoms with Crippen molar-refractivity contribution in [1.29, 1.82) is 0 Å². The first kappa shape index (κ1) is 28.6. The van der Waals surface area contributed by atoms with Gasteiger partial charge in [-0.25, -0.2) is 4.79 Å². The van der Waals surface area contributed by atoms with E-state index in [1.54, 1.807) is 12.1 Å². The molecule has 0 aliphatic rings. The molecule has 0 bridgehead atoms. The van der Waals surface area contributed by atoms with Crippen molar-refractivity contribution in [1.82, 2.24) is 16.0 Å². The van der Waals surface area contributed by atoms with E-state index in [-0.39, 0.29) is 42.5 Å². The Labute approximate surface area is 213 Å². The number of carbonyl (C=O) groups excluding carboxylic acids is 4. The lowest BCUT2D eigenvalue weighted by molar-refractivity contribution is -0.145. The number of amides is 3. The number of rotatable bonds is 12. The molecule has 0 saturated heterocycles. The molecule has 0 saturated carbocycles. The molecule has 1 atom stereocenters. The van der Waals surface area contributed by atoms with Crippen molar-refractivity contribution in [2.24, 2.45) is 0 Å². The van der Waals surface area contributed by atoms with Crippen molar-refractivity contribution in [3.05, 3.63) is 71.3 Å². The van der Waals surface area contributed by atoms with Crippen LogP contribution in [0.1, 0.15) is 61.5 Å². The molecule has 2 aromatic carbocycles. The maximum atomic E-state index is 12.3. The van der Waals surface area contributed by atoms with Crippen LogP contribution >= 0.6 is 0 Å².